The van der Waals surface area contributed by atoms with Gasteiger partial charge in [0.25, 0.3) is 5.91 Å². The molecule has 0 spiro atoms. The molecule has 0 bridgehead atoms. The van der Waals surface area contributed by atoms with E-state index in [-0.39, 0.29) is 11.7 Å². The molecule has 1 amide bonds. The second-order valence-corrected chi connectivity index (χ2v) is 9.22. The van der Waals surface area contributed by atoms with Crippen LogP contribution >= 0.6 is 23.5 Å². The summed E-state index contributed by atoms with van der Waals surface area (Å²) in [5, 5.41) is 13.4. The Morgan fingerprint density at radius 1 is 1.00 bits per heavy atom. The number of thioether (sulfide) groups is 2. The number of rotatable bonds is 10. The monoisotopic (exact) mass is 519 g/mol. The lowest BCUT2D eigenvalue weighted by atomic mass is 10.2. The maximum absolute atomic E-state index is 12.4. The molecule has 0 radical (unpaired) electrons. The van der Waals surface area contributed by atoms with Gasteiger partial charge in [0, 0.05) is 16.1 Å². The minimum Gasteiger partial charge on any atom is -0.493 e. The molecule has 0 aliphatic carbocycles. The number of nitrogens with zero attached hydrogens (tertiary/aromatic N) is 4. The van der Waals surface area contributed by atoms with Gasteiger partial charge in [0.15, 0.2) is 22.5 Å². The highest BCUT2D eigenvalue weighted by Gasteiger charge is 2.18. The van der Waals surface area contributed by atoms with Crippen LogP contribution in [0.4, 0.5) is 0 Å². The van der Waals surface area contributed by atoms with Gasteiger partial charge in [0.1, 0.15) is 0 Å². The highest BCUT2D eigenvalue weighted by Crippen LogP contribution is 2.34. The predicted octanol–water partition coefficient (Wildman–Crippen LogP) is 4.92. The van der Waals surface area contributed by atoms with Crippen molar-refractivity contribution in [1.29, 1.82) is 0 Å². The van der Waals surface area contributed by atoms with E-state index in [9.17, 15) is 4.79 Å². The molecule has 0 fully saturated rings. The Bertz CT molecular complexity index is 1340. The van der Waals surface area contributed by atoms with Crippen molar-refractivity contribution in [3.05, 3.63) is 78.4 Å². The molecule has 1 heterocycles. The lowest BCUT2D eigenvalue weighted by Gasteiger charge is -2.12. The van der Waals surface area contributed by atoms with Gasteiger partial charge < -0.3 is 9.47 Å². The number of ether oxygens (including phenoxy) is 2. The molecule has 1 N–H and O–H groups in total. The molecule has 1 aromatic heterocycles. The first-order valence-electron chi connectivity index (χ1n) is 10.9. The molecule has 184 valence electrons. The zero-order valence-corrected chi connectivity index (χ0v) is 21.7. The number of carbonyl (C=O) groups excluding carboxylic acids is 1. The summed E-state index contributed by atoms with van der Waals surface area (Å²) in [5.41, 5.74) is 5.16. The summed E-state index contributed by atoms with van der Waals surface area (Å²) in [6.45, 7) is 0. The third kappa shape index (κ3) is 6.07. The van der Waals surface area contributed by atoms with Crippen LogP contribution in [0.2, 0.25) is 0 Å². The van der Waals surface area contributed by atoms with Crippen molar-refractivity contribution >= 4 is 35.6 Å². The van der Waals surface area contributed by atoms with Crippen molar-refractivity contribution in [3.8, 4) is 28.6 Å². The molecule has 0 saturated heterocycles. The van der Waals surface area contributed by atoms with Crippen LogP contribution in [0.25, 0.3) is 17.1 Å². The summed E-state index contributed by atoms with van der Waals surface area (Å²) in [7, 11) is 3.18. The molecule has 0 atom stereocenters. The van der Waals surface area contributed by atoms with E-state index in [1.807, 2.05) is 83.6 Å². The Kier molecular flexibility index (Phi) is 8.64. The lowest BCUT2D eigenvalue weighted by Crippen LogP contribution is -2.20. The average Bonchev–Trinajstić information content (AvgIpc) is 3.36. The molecule has 0 aliphatic rings. The van der Waals surface area contributed by atoms with Gasteiger partial charge >= 0.3 is 0 Å². The molecule has 8 nitrogen and oxygen atoms in total. The zero-order chi connectivity index (χ0) is 25.3. The van der Waals surface area contributed by atoms with Crippen molar-refractivity contribution in [2.45, 2.75) is 10.1 Å². The van der Waals surface area contributed by atoms with Gasteiger partial charge in [0.05, 0.1) is 26.2 Å². The van der Waals surface area contributed by atoms with E-state index in [1.165, 1.54) is 16.7 Å². The molecule has 3 aromatic carbocycles. The number of methoxy groups -OCH3 is 2. The second-order valence-electron chi connectivity index (χ2n) is 7.40. The summed E-state index contributed by atoms with van der Waals surface area (Å²) in [4.78, 5) is 13.6. The van der Waals surface area contributed by atoms with E-state index in [1.54, 1.807) is 32.2 Å². The first kappa shape index (κ1) is 25.3. The standard InChI is InChI=1S/C26H25N5O3S2/c1-33-22-14-11-19(15-23(22)34-2)25-29-30-26(31(25)20-7-5-4-6-8-20)36-17-24(32)28-27-16-18-9-12-21(35-3)13-10-18/h4-16H,17H2,1-3H3,(H,28,32). The van der Waals surface area contributed by atoms with Crippen molar-refractivity contribution in [2.24, 2.45) is 5.10 Å². The normalized spacial score (nSPS) is 11.0. The Morgan fingerprint density at radius 2 is 1.75 bits per heavy atom. The van der Waals surface area contributed by atoms with Crippen molar-refractivity contribution in [2.75, 3.05) is 26.2 Å². The van der Waals surface area contributed by atoms with Gasteiger partial charge in [-0.2, -0.15) is 5.10 Å². The number of hydrogen-bond acceptors (Lipinski definition) is 8. The van der Waals surface area contributed by atoms with Crippen molar-refractivity contribution < 1.29 is 14.3 Å². The summed E-state index contributed by atoms with van der Waals surface area (Å²) < 4.78 is 12.7. The van der Waals surface area contributed by atoms with Gasteiger partial charge in [-0.05, 0) is 54.3 Å². The first-order valence-corrected chi connectivity index (χ1v) is 13.2. The number of carbonyl (C=O) groups is 1. The number of hydrazone groups is 1. The number of hydrogen-bond donors (Lipinski definition) is 1. The Labute approximate surface area is 218 Å². The van der Waals surface area contributed by atoms with Crippen LogP contribution < -0.4 is 14.9 Å². The number of amides is 1. The van der Waals surface area contributed by atoms with E-state index in [2.05, 4.69) is 20.7 Å². The predicted molar refractivity (Wildman–Crippen MR) is 145 cm³/mol. The fourth-order valence-corrected chi connectivity index (χ4v) is 4.52. The van der Waals surface area contributed by atoms with Crippen molar-refractivity contribution in [3.63, 3.8) is 0 Å². The van der Waals surface area contributed by atoms with E-state index in [0.29, 0.717) is 22.5 Å². The van der Waals surface area contributed by atoms with Crippen LogP contribution in [0.3, 0.4) is 0 Å². The number of benzene rings is 3. The molecule has 4 aromatic rings. The fourth-order valence-electron chi connectivity index (χ4n) is 3.37. The molecule has 4 rings (SSSR count). The highest BCUT2D eigenvalue weighted by molar-refractivity contribution is 7.99. The quantitative estimate of drug-likeness (QED) is 0.181. The minimum atomic E-state index is -0.243. The van der Waals surface area contributed by atoms with E-state index in [0.717, 1.165) is 16.8 Å². The summed E-state index contributed by atoms with van der Waals surface area (Å²) in [6, 6.07) is 23.2. The Hall–Kier alpha value is -3.76. The van der Waals surface area contributed by atoms with Gasteiger partial charge in [-0.3, -0.25) is 9.36 Å². The minimum absolute atomic E-state index is 0.125. The number of nitrogens with one attached hydrogen (secondary N) is 1. The highest BCUT2D eigenvalue weighted by atomic mass is 32.2. The molecular weight excluding hydrogens is 494 g/mol. The van der Waals surface area contributed by atoms with Crippen LogP contribution in [0.1, 0.15) is 5.56 Å². The van der Waals surface area contributed by atoms with Crippen LogP contribution in [-0.4, -0.2) is 53.1 Å². The maximum atomic E-state index is 12.4. The van der Waals surface area contributed by atoms with Gasteiger partial charge in [0.2, 0.25) is 0 Å². The molecule has 10 heteroatoms. The largest absolute Gasteiger partial charge is 0.493 e. The topological polar surface area (TPSA) is 90.6 Å². The lowest BCUT2D eigenvalue weighted by molar-refractivity contribution is -0.118. The van der Waals surface area contributed by atoms with Gasteiger partial charge in [-0.15, -0.1) is 22.0 Å². The Balaban J connectivity index is 1.51. The van der Waals surface area contributed by atoms with Crippen LogP contribution in [0.15, 0.2) is 87.9 Å². The van der Waals surface area contributed by atoms with Crippen molar-refractivity contribution in [1.82, 2.24) is 20.2 Å². The molecule has 0 aliphatic heterocycles. The third-order valence-corrected chi connectivity index (χ3v) is 6.81. The maximum Gasteiger partial charge on any atom is 0.250 e. The first-order chi connectivity index (χ1) is 17.6. The summed E-state index contributed by atoms with van der Waals surface area (Å²) in [5.74, 6) is 1.72. The third-order valence-electron chi connectivity index (χ3n) is 5.14. The van der Waals surface area contributed by atoms with E-state index in [4.69, 9.17) is 9.47 Å². The van der Waals surface area contributed by atoms with Crippen LogP contribution in [0, 0.1) is 0 Å². The Morgan fingerprint density at radius 3 is 2.44 bits per heavy atom. The SMILES string of the molecule is COc1ccc(-c2nnc(SCC(=O)NN=Cc3ccc(SC)cc3)n2-c2ccccc2)cc1OC. The number of para-hydroxylation sites is 1. The second kappa shape index (κ2) is 12.3. The van der Waals surface area contributed by atoms with Crippen LogP contribution in [0.5, 0.6) is 11.5 Å². The molecule has 0 saturated carbocycles. The smallest absolute Gasteiger partial charge is 0.250 e. The summed E-state index contributed by atoms with van der Waals surface area (Å²) in [6.07, 6.45) is 3.64. The molecule has 36 heavy (non-hydrogen) atoms. The molecular formula is C26H25N5O3S2. The zero-order valence-electron chi connectivity index (χ0n) is 20.0. The van der Waals surface area contributed by atoms with Gasteiger partial charge in [-0.25, -0.2) is 5.43 Å². The average molecular weight is 520 g/mol. The number of aromatic nitrogens is 3. The summed E-state index contributed by atoms with van der Waals surface area (Å²) >= 11 is 2.95. The van der Waals surface area contributed by atoms with Gasteiger partial charge in [-0.1, -0.05) is 42.1 Å². The fraction of sp³-hybridized carbons (Fsp3) is 0.154. The van der Waals surface area contributed by atoms with Crippen LogP contribution in [-0.2, 0) is 4.79 Å². The van der Waals surface area contributed by atoms with E-state index < -0.39 is 0 Å². The molecule has 0 unspecified atom stereocenters. The van der Waals surface area contributed by atoms with E-state index >= 15 is 0 Å².